The van der Waals surface area contributed by atoms with Crippen molar-refractivity contribution in [1.82, 2.24) is 9.21 Å². The minimum absolute atomic E-state index is 0.0151. The van der Waals surface area contributed by atoms with Crippen molar-refractivity contribution in [2.45, 2.75) is 114 Å². The van der Waals surface area contributed by atoms with Crippen LogP contribution in [-0.2, 0) is 14.8 Å². The Balaban J connectivity index is 1.42. The highest BCUT2D eigenvalue weighted by Crippen LogP contribution is 2.41. The maximum atomic E-state index is 13.5. The number of nitrogens with zero attached hydrogens (tertiary/aromatic N) is 2. The van der Waals surface area contributed by atoms with Crippen LogP contribution in [0.3, 0.4) is 0 Å². The third kappa shape index (κ3) is 5.31. The van der Waals surface area contributed by atoms with Gasteiger partial charge in [0.15, 0.2) is 0 Å². The summed E-state index contributed by atoms with van der Waals surface area (Å²) in [5, 5.41) is -0.963. The molecule has 1 heterocycles. The lowest BCUT2D eigenvalue weighted by Gasteiger charge is -2.40. The molecule has 3 aliphatic carbocycles. The Morgan fingerprint density at radius 3 is 2.45 bits per heavy atom. The smallest absolute Gasteiger partial charge is 0.410 e. The number of ether oxygens (including phenoxy) is 1. The maximum absolute atomic E-state index is 13.5. The van der Waals surface area contributed by atoms with Gasteiger partial charge in [-0.05, 0) is 63.7 Å². The summed E-state index contributed by atoms with van der Waals surface area (Å²) in [5.41, 5.74) is 0. The summed E-state index contributed by atoms with van der Waals surface area (Å²) in [5.74, 6) is -1.36. The molecule has 0 aromatic carbocycles. The molecule has 1 aliphatic heterocycles. The molecular formula is C23H37F3N2O4S. The van der Waals surface area contributed by atoms with E-state index >= 15 is 0 Å². The Labute approximate surface area is 195 Å². The van der Waals surface area contributed by atoms with E-state index < -0.39 is 27.4 Å². The highest BCUT2D eigenvalue weighted by molar-refractivity contribution is 7.89. The molecule has 6 atom stereocenters. The van der Waals surface area contributed by atoms with Gasteiger partial charge in [0.25, 0.3) is 0 Å². The molecule has 10 heteroatoms. The summed E-state index contributed by atoms with van der Waals surface area (Å²) in [6, 6.07) is -0.0926. The first-order valence-corrected chi connectivity index (χ1v) is 14.2. The van der Waals surface area contributed by atoms with Crippen LogP contribution in [0, 0.1) is 11.8 Å². The number of amides is 1. The van der Waals surface area contributed by atoms with E-state index in [1.165, 1.54) is 4.31 Å². The molecule has 1 amide bonds. The lowest BCUT2D eigenvalue weighted by atomic mass is 9.84. The predicted molar refractivity (Wildman–Crippen MR) is 118 cm³/mol. The van der Waals surface area contributed by atoms with Gasteiger partial charge in [0.1, 0.15) is 6.10 Å². The summed E-state index contributed by atoms with van der Waals surface area (Å²) < 4.78 is 73.8. The fourth-order valence-electron chi connectivity index (χ4n) is 6.63. The SMILES string of the molecule is CCN(C1CCCC(CN2C(=O)OC3CCCCC32)C1)S(=O)(=O)C1CCCC(C(F)(F)F)C1. The second-order valence-electron chi connectivity index (χ2n) is 10.4. The largest absolute Gasteiger partial charge is 0.444 e. The van der Waals surface area contributed by atoms with Gasteiger partial charge in [-0.25, -0.2) is 13.2 Å². The molecule has 0 spiro atoms. The lowest BCUT2D eigenvalue weighted by Crippen LogP contribution is -2.50. The summed E-state index contributed by atoms with van der Waals surface area (Å²) in [4.78, 5) is 14.3. The quantitative estimate of drug-likeness (QED) is 0.516. The Hall–Kier alpha value is -1.03. The molecule has 0 bridgehead atoms. The second kappa shape index (κ2) is 9.91. The van der Waals surface area contributed by atoms with E-state index in [0.717, 1.165) is 44.9 Å². The van der Waals surface area contributed by atoms with Gasteiger partial charge in [0, 0.05) is 19.1 Å². The summed E-state index contributed by atoms with van der Waals surface area (Å²) in [6.45, 7) is 2.62. The van der Waals surface area contributed by atoms with E-state index in [9.17, 15) is 26.4 Å². The highest BCUT2D eigenvalue weighted by Gasteiger charge is 2.48. The Bertz CT molecular complexity index is 806. The van der Waals surface area contributed by atoms with Crippen LogP contribution in [0.5, 0.6) is 0 Å². The standard InChI is InChI=1S/C23H37F3N2O4S/c1-2-28(33(30,31)19-10-6-8-17(14-19)23(24,25)26)18-9-5-7-16(13-18)15-27-20-11-3-4-12-21(20)32-22(27)29/h16-21H,2-15H2,1H3. The summed E-state index contributed by atoms with van der Waals surface area (Å²) in [6.07, 6.45) is 2.81. The van der Waals surface area contributed by atoms with Gasteiger partial charge in [-0.2, -0.15) is 17.5 Å². The van der Waals surface area contributed by atoms with Crippen molar-refractivity contribution in [1.29, 1.82) is 0 Å². The first kappa shape index (κ1) is 25.1. The first-order valence-electron chi connectivity index (χ1n) is 12.7. The van der Waals surface area contributed by atoms with Gasteiger partial charge in [-0.3, -0.25) is 0 Å². The van der Waals surface area contributed by atoms with Crippen LogP contribution in [0.4, 0.5) is 18.0 Å². The number of carbonyl (C=O) groups excluding carboxylic acids is 1. The van der Waals surface area contributed by atoms with Crippen LogP contribution < -0.4 is 0 Å². The molecule has 6 nitrogen and oxygen atoms in total. The van der Waals surface area contributed by atoms with Gasteiger partial charge in [0.2, 0.25) is 10.0 Å². The minimum Gasteiger partial charge on any atom is -0.444 e. The molecule has 3 saturated carbocycles. The topological polar surface area (TPSA) is 66.9 Å². The van der Waals surface area contributed by atoms with Crippen molar-refractivity contribution in [3.63, 3.8) is 0 Å². The minimum atomic E-state index is -4.34. The summed E-state index contributed by atoms with van der Waals surface area (Å²) in [7, 11) is -3.82. The highest BCUT2D eigenvalue weighted by atomic mass is 32.2. The summed E-state index contributed by atoms with van der Waals surface area (Å²) >= 11 is 0. The molecule has 1 saturated heterocycles. The molecule has 0 radical (unpaired) electrons. The van der Waals surface area contributed by atoms with Crippen molar-refractivity contribution in [2.75, 3.05) is 13.1 Å². The Morgan fingerprint density at radius 2 is 1.73 bits per heavy atom. The second-order valence-corrected chi connectivity index (χ2v) is 12.6. The van der Waals surface area contributed by atoms with Crippen molar-refractivity contribution >= 4 is 16.1 Å². The maximum Gasteiger partial charge on any atom is 0.410 e. The number of rotatable bonds is 6. The van der Waals surface area contributed by atoms with Crippen molar-refractivity contribution < 1.29 is 31.1 Å². The van der Waals surface area contributed by atoms with Crippen molar-refractivity contribution in [2.24, 2.45) is 11.8 Å². The molecule has 33 heavy (non-hydrogen) atoms. The number of halogens is 3. The van der Waals surface area contributed by atoms with E-state index in [2.05, 4.69) is 0 Å². The number of hydrogen-bond donors (Lipinski definition) is 0. The third-order valence-corrected chi connectivity index (χ3v) is 10.8. The van der Waals surface area contributed by atoms with Crippen molar-refractivity contribution in [3.8, 4) is 0 Å². The van der Waals surface area contributed by atoms with Gasteiger partial charge in [0.05, 0.1) is 17.2 Å². The van der Waals surface area contributed by atoms with E-state index in [1.54, 1.807) is 6.92 Å². The Morgan fingerprint density at radius 1 is 1.00 bits per heavy atom. The van der Waals surface area contributed by atoms with E-state index in [0.29, 0.717) is 25.8 Å². The van der Waals surface area contributed by atoms with Gasteiger partial charge in [-0.15, -0.1) is 0 Å². The fourth-order valence-corrected chi connectivity index (χ4v) is 8.92. The molecule has 0 aromatic rings. The normalized spacial score (nSPS) is 36.0. The lowest BCUT2D eigenvalue weighted by molar-refractivity contribution is -0.181. The predicted octanol–water partition coefficient (Wildman–Crippen LogP) is 5.08. The van der Waals surface area contributed by atoms with E-state index in [1.807, 2.05) is 4.90 Å². The zero-order chi connectivity index (χ0) is 23.8. The third-order valence-electron chi connectivity index (χ3n) is 8.32. The van der Waals surface area contributed by atoms with Crippen LogP contribution >= 0.6 is 0 Å². The zero-order valence-corrected chi connectivity index (χ0v) is 20.2. The number of sulfonamides is 1. The fraction of sp³-hybridized carbons (Fsp3) is 0.957. The molecule has 4 fully saturated rings. The molecular weight excluding hydrogens is 457 g/mol. The zero-order valence-electron chi connectivity index (χ0n) is 19.4. The Kier molecular flexibility index (Phi) is 7.53. The molecule has 0 aromatic heterocycles. The van der Waals surface area contributed by atoms with Gasteiger partial charge < -0.3 is 9.64 Å². The van der Waals surface area contributed by atoms with Crippen LogP contribution in [0.2, 0.25) is 0 Å². The molecule has 0 N–H and O–H groups in total. The number of alkyl halides is 3. The molecule has 4 rings (SSSR count). The number of carbonyl (C=O) groups is 1. The van der Waals surface area contributed by atoms with E-state index in [4.69, 9.17) is 4.74 Å². The number of hydrogen-bond acceptors (Lipinski definition) is 4. The van der Waals surface area contributed by atoms with Gasteiger partial charge >= 0.3 is 12.3 Å². The van der Waals surface area contributed by atoms with Crippen molar-refractivity contribution in [3.05, 3.63) is 0 Å². The molecule has 190 valence electrons. The molecule has 6 unspecified atom stereocenters. The van der Waals surface area contributed by atoms with Crippen LogP contribution in [-0.4, -0.2) is 66.4 Å². The molecule has 4 aliphatic rings. The van der Waals surface area contributed by atoms with Crippen LogP contribution in [0.15, 0.2) is 0 Å². The monoisotopic (exact) mass is 494 g/mol. The van der Waals surface area contributed by atoms with Crippen LogP contribution in [0.25, 0.3) is 0 Å². The van der Waals surface area contributed by atoms with E-state index in [-0.39, 0.29) is 49.6 Å². The van der Waals surface area contributed by atoms with Gasteiger partial charge in [-0.1, -0.05) is 26.2 Å². The average Bonchev–Trinajstić information content (AvgIpc) is 3.09. The first-order chi connectivity index (χ1) is 15.6. The number of fused-ring (bicyclic) bond motifs is 1. The van der Waals surface area contributed by atoms with Crippen LogP contribution in [0.1, 0.15) is 84.0 Å². The average molecular weight is 495 g/mol.